The standard InChI is InChI=1S/C14H8Cl2N4O2/c15-10-1-2-11(12(16)6-10)7-3-8(13-17-19-20-18-13)5-9(4-7)14(21)22/h1-6H,(H,21,22)(H,17,18,19,20). The first-order valence-corrected chi connectivity index (χ1v) is 6.88. The lowest BCUT2D eigenvalue weighted by molar-refractivity contribution is 0.0697. The molecule has 6 nitrogen and oxygen atoms in total. The van der Waals surface area contributed by atoms with Crippen LogP contribution in [0.15, 0.2) is 36.4 Å². The number of aromatic carboxylic acids is 1. The van der Waals surface area contributed by atoms with Crippen molar-refractivity contribution in [2.24, 2.45) is 0 Å². The maximum absolute atomic E-state index is 11.3. The predicted molar refractivity (Wildman–Crippen MR) is 82.0 cm³/mol. The number of aromatic nitrogens is 4. The summed E-state index contributed by atoms with van der Waals surface area (Å²) in [7, 11) is 0. The molecule has 8 heteroatoms. The zero-order valence-corrected chi connectivity index (χ0v) is 12.4. The van der Waals surface area contributed by atoms with E-state index in [1.165, 1.54) is 12.1 Å². The number of aromatic amines is 1. The van der Waals surface area contributed by atoms with E-state index in [2.05, 4.69) is 20.6 Å². The zero-order valence-electron chi connectivity index (χ0n) is 10.9. The van der Waals surface area contributed by atoms with Crippen LogP contribution in [0.5, 0.6) is 0 Å². The Labute approximate surface area is 134 Å². The minimum atomic E-state index is -1.06. The number of benzene rings is 2. The number of hydrogen-bond acceptors (Lipinski definition) is 4. The fourth-order valence-corrected chi connectivity index (χ4v) is 2.56. The van der Waals surface area contributed by atoms with Gasteiger partial charge in [0.05, 0.1) is 5.56 Å². The molecule has 3 aromatic rings. The van der Waals surface area contributed by atoms with Crippen molar-refractivity contribution in [1.29, 1.82) is 0 Å². The van der Waals surface area contributed by atoms with Gasteiger partial charge in [-0.2, -0.15) is 5.21 Å². The lowest BCUT2D eigenvalue weighted by Crippen LogP contribution is -1.98. The number of tetrazole rings is 1. The molecule has 0 atom stereocenters. The summed E-state index contributed by atoms with van der Waals surface area (Å²) in [4.78, 5) is 11.3. The van der Waals surface area contributed by atoms with Crippen molar-refractivity contribution >= 4 is 29.2 Å². The molecule has 2 aromatic carbocycles. The number of carboxylic acid groups (broad SMARTS) is 1. The van der Waals surface area contributed by atoms with Crippen molar-refractivity contribution in [2.75, 3.05) is 0 Å². The maximum Gasteiger partial charge on any atom is 0.335 e. The molecule has 0 saturated carbocycles. The first-order valence-electron chi connectivity index (χ1n) is 6.12. The molecule has 0 aliphatic heterocycles. The van der Waals surface area contributed by atoms with Gasteiger partial charge in [0.25, 0.3) is 0 Å². The summed E-state index contributed by atoms with van der Waals surface area (Å²) in [6.07, 6.45) is 0. The third-order valence-electron chi connectivity index (χ3n) is 3.03. The highest BCUT2D eigenvalue weighted by Gasteiger charge is 2.13. The van der Waals surface area contributed by atoms with E-state index >= 15 is 0 Å². The van der Waals surface area contributed by atoms with Crippen molar-refractivity contribution < 1.29 is 9.90 Å². The quantitative estimate of drug-likeness (QED) is 0.764. The summed E-state index contributed by atoms with van der Waals surface area (Å²) in [6.45, 7) is 0. The average Bonchev–Trinajstić information content (AvgIpc) is 3.01. The highest BCUT2D eigenvalue weighted by molar-refractivity contribution is 6.36. The number of nitrogens with one attached hydrogen (secondary N) is 1. The summed E-state index contributed by atoms with van der Waals surface area (Å²) in [5.74, 6) is -0.758. The fourth-order valence-electron chi connectivity index (χ4n) is 2.04. The second kappa shape index (κ2) is 5.75. The molecule has 0 saturated heterocycles. The SMILES string of the molecule is O=C(O)c1cc(-c2nn[nH]n2)cc(-c2ccc(Cl)cc2Cl)c1. The van der Waals surface area contributed by atoms with Crippen LogP contribution < -0.4 is 0 Å². The van der Waals surface area contributed by atoms with Gasteiger partial charge in [0.15, 0.2) is 0 Å². The molecule has 0 aliphatic carbocycles. The monoisotopic (exact) mass is 334 g/mol. The summed E-state index contributed by atoms with van der Waals surface area (Å²) >= 11 is 12.1. The molecule has 110 valence electrons. The van der Waals surface area contributed by atoms with Crippen molar-refractivity contribution in [3.63, 3.8) is 0 Å². The van der Waals surface area contributed by atoms with E-state index in [-0.39, 0.29) is 5.56 Å². The minimum Gasteiger partial charge on any atom is -0.478 e. The van der Waals surface area contributed by atoms with Crippen LogP contribution in [-0.4, -0.2) is 31.7 Å². The molecule has 0 spiro atoms. The molecule has 1 aromatic heterocycles. The van der Waals surface area contributed by atoms with Crippen LogP contribution >= 0.6 is 23.2 Å². The van der Waals surface area contributed by atoms with E-state index in [9.17, 15) is 9.90 Å². The van der Waals surface area contributed by atoms with Gasteiger partial charge in [-0.05, 0) is 41.1 Å². The van der Waals surface area contributed by atoms with Gasteiger partial charge in [-0.3, -0.25) is 0 Å². The van der Waals surface area contributed by atoms with Gasteiger partial charge in [-0.15, -0.1) is 10.2 Å². The highest BCUT2D eigenvalue weighted by atomic mass is 35.5. The first kappa shape index (κ1) is 14.5. The van der Waals surface area contributed by atoms with Gasteiger partial charge in [-0.25, -0.2) is 4.79 Å². The lowest BCUT2D eigenvalue weighted by atomic mass is 9.99. The number of nitrogens with zero attached hydrogens (tertiary/aromatic N) is 3. The van der Waals surface area contributed by atoms with Gasteiger partial charge in [0.2, 0.25) is 5.82 Å². The van der Waals surface area contributed by atoms with E-state index in [1.54, 1.807) is 24.3 Å². The summed E-state index contributed by atoms with van der Waals surface area (Å²) in [6, 6.07) is 9.75. The van der Waals surface area contributed by atoms with E-state index in [4.69, 9.17) is 23.2 Å². The van der Waals surface area contributed by atoms with Crippen LogP contribution in [0.1, 0.15) is 10.4 Å². The zero-order chi connectivity index (χ0) is 15.7. The molecule has 0 fully saturated rings. The smallest absolute Gasteiger partial charge is 0.335 e. The largest absolute Gasteiger partial charge is 0.478 e. The Kier molecular flexibility index (Phi) is 3.79. The van der Waals surface area contributed by atoms with Crippen LogP contribution in [0, 0.1) is 0 Å². The van der Waals surface area contributed by atoms with E-state index in [1.807, 2.05) is 0 Å². The Hall–Kier alpha value is -2.44. The van der Waals surface area contributed by atoms with Crippen LogP contribution in [0.4, 0.5) is 0 Å². The summed E-state index contributed by atoms with van der Waals surface area (Å²) < 4.78 is 0. The van der Waals surface area contributed by atoms with Gasteiger partial charge in [0.1, 0.15) is 0 Å². The van der Waals surface area contributed by atoms with E-state index < -0.39 is 5.97 Å². The summed E-state index contributed by atoms with van der Waals surface area (Å²) in [5.41, 5.74) is 1.92. The number of carbonyl (C=O) groups is 1. The topological polar surface area (TPSA) is 91.8 Å². The van der Waals surface area contributed by atoms with E-state index in [0.717, 1.165) is 0 Å². The Morgan fingerprint density at radius 3 is 2.50 bits per heavy atom. The third kappa shape index (κ3) is 2.79. The Balaban J connectivity index is 2.20. The van der Waals surface area contributed by atoms with Gasteiger partial charge in [-0.1, -0.05) is 29.3 Å². The number of H-pyrrole nitrogens is 1. The molecule has 0 bridgehead atoms. The molecule has 0 radical (unpaired) electrons. The van der Waals surface area contributed by atoms with Crippen molar-refractivity contribution in [3.8, 4) is 22.5 Å². The second-order valence-corrected chi connectivity index (χ2v) is 5.31. The van der Waals surface area contributed by atoms with Gasteiger partial charge < -0.3 is 5.11 Å². The minimum absolute atomic E-state index is 0.100. The van der Waals surface area contributed by atoms with Crippen molar-refractivity contribution in [2.45, 2.75) is 0 Å². The predicted octanol–water partition coefficient (Wildman–Crippen LogP) is 3.54. The van der Waals surface area contributed by atoms with Crippen LogP contribution in [-0.2, 0) is 0 Å². The molecule has 1 heterocycles. The number of hydrogen-bond donors (Lipinski definition) is 2. The number of halogens is 2. The number of rotatable bonds is 3. The first-order chi connectivity index (χ1) is 10.5. The van der Waals surface area contributed by atoms with Crippen LogP contribution in [0.3, 0.4) is 0 Å². The van der Waals surface area contributed by atoms with Crippen LogP contribution in [0.25, 0.3) is 22.5 Å². The third-order valence-corrected chi connectivity index (χ3v) is 3.57. The summed E-state index contributed by atoms with van der Waals surface area (Å²) in [5, 5.41) is 23.7. The maximum atomic E-state index is 11.3. The molecule has 0 unspecified atom stereocenters. The molecular formula is C14H8Cl2N4O2. The average molecular weight is 335 g/mol. The van der Waals surface area contributed by atoms with Crippen LogP contribution in [0.2, 0.25) is 10.0 Å². The highest BCUT2D eigenvalue weighted by Crippen LogP contribution is 2.33. The molecule has 0 amide bonds. The lowest BCUT2D eigenvalue weighted by Gasteiger charge is -2.08. The second-order valence-electron chi connectivity index (χ2n) is 4.46. The Morgan fingerprint density at radius 2 is 1.86 bits per heavy atom. The Morgan fingerprint density at radius 1 is 1.09 bits per heavy atom. The Bertz CT molecular complexity index is 850. The molecule has 22 heavy (non-hydrogen) atoms. The molecule has 3 rings (SSSR count). The van der Waals surface area contributed by atoms with Crippen molar-refractivity contribution in [1.82, 2.24) is 20.6 Å². The van der Waals surface area contributed by atoms with Gasteiger partial charge >= 0.3 is 5.97 Å². The number of carboxylic acids is 1. The molecule has 0 aliphatic rings. The molecular weight excluding hydrogens is 327 g/mol. The van der Waals surface area contributed by atoms with Gasteiger partial charge in [0, 0.05) is 21.2 Å². The normalized spacial score (nSPS) is 10.6. The molecule has 2 N–H and O–H groups in total. The van der Waals surface area contributed by atoms with Crippen molar-refractivity contribution in [3.05, 3.63) is 52.0 Å². The fraction of sp³-hybridized carbons (Fsp3) is 0. The van der Waals surface area contributed by atoms with E-state index in [0.29, 0.717) is 32.6 Å².